The van der Waals surface area contributed by atoms with E-state index in [-0.39, 0.29) is 42.7 Å². The number of aromatic nitrogens is 2. The third-order valence-electron chi connectivity index (χ3n) is 11.5. The highest BCUT2D eigenvalue weighted by Gasteiger charge is 2.60. The summed E-state index contributed by atoms with van der Waals surface area (Å²) in [6.07, 6.45) is 3.12. The van der Waals surface area contributed by atoms with E-state index in [0.29, 0.717) is 47.7 Å². The minimum absolute atomic E-state index is 0.0199. The number of amides is 1. The number of hydrogen-bond donors (Lipinski definition) is 0. The van der Waals surface area contributed by atoms with Crippen LogP contribution in [-0.4, -0.2) is 64.9 Å². The van der Waals surface area contributed by atoms with Crippen molar-refractivity contribution in [2.75, 3.05) is 13.7 Å². The number of methoxy groups -OCH3 is 1. The Hall–Kier alpha value is -3.37. The van der Waals surface area contributed by atoms with Gasteiger partial charge >= 0.3 is 5.97 Å². The lowest BCUT2D eigenvalue weighted by Gasteiger charge is -2.34. The summed E-state index contributed by atoms with van der Waals surface area (Å²) < 4.78 is 50.6. The van der Waals surface area contributed by atoms with Crippen LogP contribution in [0.2, 0.25) is 0 Å². The summed E-state index contributed by atoms with van der Waals surface area (Å²) in [4.78, 5) is 50.4. The van der Waals surface area contributed by atoms with Crippen molar-refractivity contribution in [2.45, 2.75) is 90.4 Å². The van der Waals surface area contributed by atoms with Gasteiger partial charge in [0, 0.05) is 17.9 Å². The van der Waals surface area contributed by atoms with Gasteiger partial charge in [0.1, 0.15) is 24.2 Å². The predicted octanol–water partition coefficient (Wildman–Crippen LogP) is 5.57. The van der Waals surface area contributed by atoms with Gasteiger partial charge in [0.05, 0.1) is 43.1 Å². The Balaban J connectivity index is 1.29. The number of alkyl halides is 2. The molecule has 11 heteroatoms. The van der Waals surface area contributed by atoms with E-state index in [1.807, 2.05) is 20.8 Å². The highest BCUT2D eigenvalue weighted by Crippen LogP contribution is 2.61. The van der Waals surface area contributed by atoms with Crippen molar-refractivity contribution in [1.29, 1.82) is 0 Å². The average Bonchev–Trinajstić information content (AvgIpc) is 3.91. The Labute approximate surface area is 267 Å². The number of nitrogens with zero attached hydrogens (tertiary/aromatic N) is 3. The number of hydrogen-bond acceptors (Lipinski definition) is 8. The van der Waals surface area contributed by atoms with Crippen molar-refractivity contribution in [1.82, 2.24) is 14.9 Å². The Morgan fingerprint density at radius 1 is 1.00 bits per heavy atom. The first-order valence-corrected chi connectivity index (χ1v) is 16.7. The fourth-order valence-corrected chi connectivity index (χ4v) is 8.44. The van der Waals surface area contributed by atoms with E-state index >= 15 is 8.78 Å². The molecule has 248 valence electrons. The summed E-state index contributed by atoms with van der Waals surface area (Å²) in [5, 5.41) is 0. The van der Waals surface area contributed by atoms with E-state index < -0.39 is 52.9 Å². The molecule has 3 aliphatic carbocycles. The Bertz CT molecular complexity index is 1560. The second-order valence-corrected chi connectivity index (χ2v) is 15.4. The van der Waals surface area contributed by atoms with Crippen LogP contribution < -0.4 is 9.47 Å². The molecule has 1 aromatic carbocycles. The van der Waals surface area contributed by atoms with Crippen LogP contribution in [-0.2, 0) is 25.0 Å². The molecular weight excluding hydrogens is 596 g/mol. The van der Waals surface area contributed by atoms with Crippen LogP contribution in [0.1, 0.15) is 71.9 Å². The minimum Gasteiger partial charge on any atom is -0.497 e. The Kier molecular flexibility index (Phi) is 7.55. The van der Waals surface area contributed by atoms with E-state index in [4.69, 9.17) is 14.2 Å². The SMILES string of the molecule is COc1ccc2nc3c(nc2c1)O[C@H]1CN(C(=O)[C@H](C(C)(C)C)CC(=O)O[C@@H]2CC4CC4[C@H]2CCC2CC2C3(F)F)[C@H](C=O)[C@@H]1C. The van der Waals surface area contributed by atoms with Crippen LogP contribution in [0.25, 0.3) is 11.0 Å². The van der Waals surface area contributed by atoms with Gasteiger partial charge in [-0.25, -0.2) is 9.97 Å². The molecule has 0 N–H and O–H groups in total. The molecule has 3 heterocycles. The average molecular weight is 640 g/mol. The standard InChI is InChI=1S/C35H43F2N3O6/c1-17-27(16-41)40-15-29(17)46-32-31(38-25-9-7-20(44-5)13-26(25)39-32)35(36,37)23-11-18(23)6-8-21-22-10-19(22)12-28(21)45-30(42)14-24(33(40)43)34(2,3)4/h7,9,13,16-19,21-24,27-29H,6,8,10-12,14-15H2,1-5H3/t17-,18?,19?,21+,22?,23?,24+,27+,28+,29-/m0/s1. The lowest BCUT2D eigenvalue weighted by molar-refractivity contribution is -0.158. The second-order valence-electron chi connectivity index (χ2n) is 15.4. The van der Waals surface area contributed by atoms with Gasteiger partial charge in [0.15, 0.2) is 5.69 Å². The third-order valence-corrected chi connectivity index (χ3v) is 11.5. The van der Waals surface area contributed by atoms with E-state index in [1.165, 1.54) is 12.0 Å². The lowest BCUT2D eigenvalue weighted by Crippen LogP contribution is -2.46. The van der Waals surface area contributed by atoms with Gasteiger partial charge in [-0.3, -0.25) is 9.59 Å². The molecule has 0 radical (unpaired) electrons. The first-order chi connectivity index (χ1) is 21.8. The normalized spacial score (nSPS) is 37.1. The quantitative estimate of drug-likeness (QED) is 0.310. The van der Waals surface area contributed by atoms with Crippen LogP contribution in [0.5, 0.6) is 11.6 Å². The van der Waals surface area contributed by atoms with Crippen LogP contribution in [0.15, 0.2) is 18.2 Å². The zero-order valence-corrected chi connectivity index (χ0v) is 27.1. The van der Waals surface area contributed by atoms with Crippen LogP contribution >= 0.6 is 0 Å². The molecule has 5 aliphatic rings. The number of benzene rings is 1. The van der Waals surface area contributed by atoms with Crippen molar-refractivity contribution < 1.29 is 37.4 Å². The van der Waals surface area contributed by atoms with Gasteiger partial charge in [-0.1, -0.05) is 27.7 Å². The summed E-state index contributed by atoms with van der Waals surface area (Å²) in [5.74, 6) is -5.15. The molecule has 3 saturated carbocycles. The monoisotopic (exact) mass is 639 g/mol. The van der Waals surface area contributed by atoms with E-state index in [1.54, 1.807) is 25.1 Å². The highest BCUT2D eigenvalue weighted by molar-refractivity contribution is 5.87. The lowest BCUT2D eigenvalue weighted by atomic mass is 9.77. The number of rotatable bonds is 2. The van der Waals surface area contributed by atoms with Gasteiger partial charge in [-0.15, -0.1) is 0 Å². The molecule has 1 saturated heterocycles. The predicted molar refractivity (Wildman–Crippen MR) is 163 cm³/mol. The Morgan fingerprint density at radius 3 is 2.50 bits per heavy atom. The van der Waals surface area contributed by atoms with Crippen molar-refractivity contribution in [3.05, 3.63) is 23.9 Å². The molecule has 0 spiro atoms. The van der Waals surface area contributed by atoms with Gasteiger partial charge in [-0.2, -0.15) is 8.78 Å². The number of carbonyl (C=O) groups is 3. The largest absolute Gasteiger partial charge is 0.497 e. The molecule has 7 rings (SSSR count). The summed E-state index contributed by atoms with van der Waals surface area (Å²) in [6, 6.07) is 4.02. The molecule has 10 atom stereocenters. The first-order valence-electron chi connectivity index (χ1n) is 16.7. The smallest absolute Gasteiger partial charge is 0.306 e. The fourth-order valence-electron chi connectivity index (χ4n) is 8.44. The van der Waals surface area contributed by atoms with Crippen LogP contribution in [0.3, 0.4) is 0 Å². The summed E-state index contributed by atoms with van der Waals surface area (Å²) in [6.45, 7) is 7.42. The summed E-state index contributed by atoms with van der Waals surface area (Å²) in [7, 11) is 1.51. The molecule has 4 unspecified atom stereocenters. The highest BCUT2D eigenvalue weighted by atomic mass is 19.3. The van der Waals surface area contributed by atoms with E-state index in [0.717, 1.165) is 19.3 Å². The topological polar surface area (TPSA) is 108 Å². The van der Waals surface area contributed by atoms with Crippen molar-refractivity contribution >= 4 is 29.2 Å². The third kappa shape index (κ3) is 5.41. The van der Waals surface area contributed by atoms with Gasteiger partial charge in [0.2, 0.25) is 11.8 Å². The maximum Gasteiger partial charge on any atom is 0.306 e. The first kappa shape index (κ1) is 31.2. The Morgan fingerprint density at radius 2 is 1.78 bits per heavy atom. The summed E-state index contributed by atoms with van der Waals surface area (Å²) >= 11 is 0. The molecular formula is C35H43F2N3O6. The molecule has 1 aromatic heterocycles. The molecule has 2 aromatic rings. The van der Waals surface area contributed by atoms with Crippen molar-refractivity contribution in [3.8, 4) is 11.6 Å². The fraction of sp³-hybridized carbons (Fsp3) is 0.686. The van der Waals surface area contributed by atoms with E-state index in [2.05, 4.69) is 9.97 Å². The van der Waals surface area contributed by atoms with Gasteiger partial charge < -0.3 is 23.9 Å². The maximum atomic E-state index is 16.5. The van der Waals surface area contributed by atoms with Crippen molar-refractivity contribution in [3.63, 3.8) is 0 Å². The molecule has 46 heavy (non-hydrogen) atoms. The number of aldehydes is 1. The van der Waals surface area contributed by atoms with Gasteiger partial charge in [-0.05, 0) is 73.3 Å². The van der Waals surface area contributed by atoms with Gasteiger partial charge in [0.25, 0.3) is 5.92 Å². The number of ether oxygens (including phenoxy) is 3. The molecule has 2 aliphatic heterocycles. The van der Waals surface area contributed by atoms with E-state index in [9.17, 15) is 14.4 Å². The number of halogens is 2. The summed E-state index contributed by atoms with van der Waals surface area (Å²) in [5.41, 5.74) is -0.483. The van der Waals surface area contributed by atoms with Crippen LogP contribution in [0.4, 0.5) is 8.78 Å². The maximum absolute atomic E-state index is 16.5. The number of fused-ring (bicyclic) bond motifs is 8. The molecule has 4 fully saturated rings. The molecule has 9 nitrogen and oxygen atoms in total. The minimum atomic E-state index is -3.31. The van der Waals surface area contributed by atoms with Crippen LogP contribution in [0, 0.1) is 46.8 Å². The van der Waals surface area contributed by atoms with Crippen molar-refractivity contribution in [2.24, 2.45) is 46.8 Å². The molecule has 1 amide bonds. The zero-order valence-electron chi connectivity index (χ0n) is 27.1. The number of carbonyl (C=O) groups excluding carboxylic acids is 3. The second kappa shape index (κ2) is 11.1. The molecule has 2 bridgehead atoms. The zero-order chi connectivity index (χ0) is 32.7. The number of esters is 1.